The molecule has 0 aliphatic carbocycles. The molecule has 0 aromatic carbocycles. The number of carbonyl (C=O) groups excluding carboxylic acids is 1. The maximum atomic E-state index is 12.2. The number of carbonyl (C=O) groups is 2. The lowest BCUT2D eigenvalue weighted by Gasteiger charge is -2.36. The van der Waals surface area contributed by atoms with E-state index in [1.54, 1.807) is 4.90 Å². The normalized spacial score (nSPS) is 25.9. The van der Waals surface area contributed by atoms with Crippen molar-refractivity contribution in [3.05, 3.63) is 0 Å². The zero-order valence-corrected chi connectivity index (χ0v) is 11.0. The van der Waals surface area contributed by atoms with Gasteiger partial charge in [0.25, 0.3) is 0 Å². The fourth-order valence-electron chi connectivity index (χ4n) is 2.64. The first kappa shape index (κ1) is 14.0. The van der Waals surface area contributed by atoms with Crippen LogP contribution in [0.25, 0.3) is 0 Å². The Bertz CT molecular complexity index is 303. The second-order valence-corrected chi connectivity index (χ2v) is 4.99. The van der Waals surface area contributed by atoms with Gasteiger partial charge in [0.1, 0.15) is 5.54 Å². The molecule has 0 saturated carbocycles. The highest BCUT2D eigenvalue weighted by atomic mass is 16.4. The lowest BCUT2D eigenvalue weighted by molar-refractivity contribution is -0.158. The minimum atomic E-state index is -0.935. The van der Waals surface area contributed by atoms with Gasteiger partial charge in [-0.15, -0.1) is 0 Å². The van der Waals surface area contributed by atoms with Crippen LogP contribution in [0.4, 0.5) is 0 Å². The van der Waals surface area contributed by atoms with Gasteiger partial charge in [0.15, 0.2) is 0 Å². The Labute approximate surface area is 103 Å². The molecule has 0 aromatic rings. The van der Waals surface area contributed by atoms with Gasteiger partial charge in [-0.25, -0.2) is 4.79 Å². The molecule has 98 valence electrons. The quantitative estimate of drug-likeness (QED) is 0.803. The lowest BCUT2D eigenvalue weighted by Crippen LogP contribution is -2.54. The minimum Gasteiger partial charge on any atom is -0.479 e. The van der Waals surface area contributed by atoms with E-state index in [1.807, 2.05) is 20.8 Å². The molecule has 1 saturated heterocycles. The Morgan fingerprint density at radius 3 is 2.53 bits per heavy atom. The van der Waals surface area contributed by atoms with Gasteiger partial charge in [-0.2, -0.15) is 0 Å². The van der Waals surface area contributed by atoms with Crippen molar-refractivity contribution >= 4 is 11.9 Å². The highest BCUT2D eigenvalue weighted by molar-refractivity contribution is 5.88. The number of likely N-dealkylation sites (tertiary alicyclic amines) is 1. The van der Waals surface area contributed by atoms with Gasteiger partial charge in [0.05, 0.1) is 0 Å². The maximum Gasteiger partial charge on any atom is 0.329 e. The molecular weight excluding hydrogens is 218 g/mol. The van der Waals surface area contributed by atoms with E-state index in [0.717, 1.165) is 19.3 Å². The third kappa shape index (κ3) is 2.45. The molecule has 0 radical (unpaired) electrons. The largest absolute Gasteiger partial charge is 0.479 e. The van der Waals surface area contributed by atoms with Crippen molar-refractivity contribution < 1.29 is 14.7 Å². The van der Waals surface area contributed by atoms with Crippen LogP contribution in [0.5, 0.6) is 0 Å². The van der Waals surface area contributed by atoms with Crippen molar-refractivity contribution in [2.24, 2.45) is 5.92 Å². The van der Waals surface area contributed by atoms with Crippen LogP contribution in [0.1, 0.15) is 52.9 Å². The second-order valence-electron chi connectivity index (χ2n) is 4.99. The van der Waals surface area contributed by atoms with Crippen LogP contribution in [0.15, 0.2) is 0 Å². The van der Waals surface area contributed by atoms with Gasteiger partial charge in [-0.3, -0.25) is 4.79 Å². The molecule has 0 bridgehead atoms. The molecule has 4 nitrogen and oxygen atoms in total. The third-order valence-electron chi connectivity index (χ3n) is 3.85. The van der Waals surface area contributed by atoms with Crippen LogP contribution in [0.3, 0.4) is 0 Å². The van der Waals surface area contributed by atoms with E-state index in [2.05, 4.69) is 0 Å². The summed E-state index contributed by atoms with van der Waals surface area (Å²) in [4.78, 5) is 25.4. The Balaban J connectivity index is 2.96. The molecule has 1 rings (SSSR count). The van der Waals surface area contributed by atoms with E-state index < -0.39 is 11.5 Å². The first-order valence-electron chi connectivity index (χ1n) is 6.54. The minimum absolute atomic E-state index is 0.000787. The van der Waals surface area contributed by atoms with Crippen molar-refractivity contribution in [2.45, 2.75) is 58.4 Å². The van der Waals surface area contributed by atoms with Gasteiger partial charge >= 0.3 is 5.97 Å². The average Bonchev–Trinajstić information content (AvgIpc) is 2.72. The van der Waals surface area contributed by atoms with Crippen molar-refractivity contribution in [2.75, 3.05) is 6.54 Å². The first-order valence-corrected chi connectivity index (χ1v) is 6.54. The molecule has 2 unspecified atom stereocenters. The van der Waals surface area contributed by atoms with Gasteiger partial charge in [0, 0.05) is 12.5 Å². The monoisotopic (exact) mass is 241 g/mol. The Hall–Kier alpha value is -1.06. The summed E-state index contributed by atoms with van der Waals surface area (Å²) in [6.07, 6.45) is 3.51. The Morgan fingerprint density at radius 2 is 2.06 bits per heavy atom. The fraction of sp³-hybridized carbons (Fsp3) is 0.846. The summed E-state index contributed by atoms with van der Waals surface area (Å²) < 4.78 is 0. The summed E-state index contributed by atoms with van der Waals surface area (Å²) in [5.74, 6) is -0.918. The summed E-state index contributed by atoms with van der Waals surface area (Å²) in [7, 11) is 0. The summed E-state index contributed by atoms with van der Waals surface area (Å²) in [6.45, 7) is 6.39. The van der Waals surface area contributed by atoms with Gasteiger partial charge in [-0.05, 0) is 25.7 Å². The number of amides is 1. The molecule has 1 fully saturated rings. The van der Waals surface area contributed by atoms with Crippen molar-refractivity contribution in [1.29, 1.82) is 0 Å². The summed E-state index contributed by atoms with van der Waals surface area (Å²) in [6, 6.07) is 0. The highest BCUT2D eigenvalue weighted by Crippen LogP contribution is 2.35. The topological polar surface area (TPSA) is 57.6 Å². The highest BCUT2D eigenvalue weighted by Gasteiger charge is 2.49. The molecule has 1 aliphatic heterocycles. The number of carboxylic acid groups (broad SMARTS) is 1. The van der Waals surface area contributed by atoms with Crippen LogP contribution in [-0.4, -0.2) is 34.0 Å². The molecule has 4 heteroatoms. The maximum absolute atomic E-state index is 12.2. The molecule has 1 N–H and O–H groups in total. The first-order chi connectivity index (χ1) is 7.99. The number of aliphatic carboxylic acids is 1. The van der Waals surface area contributed by atoms with Crippen molar-refractivity contribution in [3.8, 4) is 0 Å². The molecule has 17 heavy (non-hydrogen) atoms. The molecule has 1 aliphatic rings. The average molecular weight is 241 g/mol. The van der Waals surface area contributed by atoms with E-state index >= 15 is 0 Å². The third-order valence-corrected chi connectivity index (χ3v) is 3.85. The SMILES string of the molecule is CCCC1(C(=O)O)CCCN1C(=O)C(C)CC. The number of carboxylic acids is 1. The molecular formula is C13H23NO3. The van der Waals surface area contributed by atoms with E-state index in [4.69, 9.17) is 0 Å². The van der Waals surface area contributed by atoms with Crippen molar-refractivity contribution in [1.82, 2.24) is 4.90 Å². The second kappa shape index (κ2) is 5.52. The zero-order chi connectivity index (χ0) is 13.1. The number of hydrogen-bond acceptors (Lipinski definition) is 2. The molecule has 1 amide bonds. The van der Waals surface area contributed by atoms with E-state index in [9.17, 15) is 14.7 Å². The number of rotatable bonds is 5. The van der Waals surface area contributed by atoms with Crippen LogP contribution in [-0.2, 0) is 9.59 Å². The number of nitrogens with zero attached hydrogens (tertiary/aromatic N) is 1. The number of hydrogen-bond donors (Lipinski definition) is 1. The van der Waals surface area contributed by atoms with E-state index in [-0.39, 0.29) is 11.8 Å². The van der Waals surface area contributed by atoms with Crippen molar-refractivity contribution in [3.63, 3.8) is 0 Å². The molecule has 1 heterocycles. The zero-order valence-electron chi connectivity index (χ0n) is 11.0. The van der Waals surface area contributed by atoms with Gasteiger partial charge in [-0.1, -0.05) is 27.2 Å². The predicted octanol–water partition coefficient (Wildman–Crippen LogP) is 2.28. The molecule has 0 spiro atoms. The van der Waals surface area contributed by atoms with Gasteiger partial charge < -0.3 is 10.0 Å². The fourth-order valence-corrected chi connectivity index (χ4v) is 2.64. The smallest absolute Gasteiger partial charge is 0.329 e. The standard InChI is InChI=1S/C13H23NO3/c1-4-7-13(12(16)17)8-6-9-14(13)11(15)10(3)5-2/h10H,4-9H2,1-3H3,(H,16,17). The molecule has 2 atom stereocenters. The van der Waals surface area contributed by atoms with Crippen LogP contribution in [0, 0.1) is 5.92 Å². The lowest BCUT2D eigenvalue weighted by atomic mass is 9.89. The van der Waals surface area contributed by atoms with E-state index in [1.165, 1.54) is 0 Å². The predicted molar refractivity (Wildman–Crippen MR) is 65.7 cm³/mol. The van der Waals surface area contributed by atoms with Crippen LogP contribution < -0.4 is 0 Å². The summed E-state index contributed by atoms with van der Waals surface area (Å²) in [5, 5.41) is 9.47. The Morgan fingerprint density at radius 1 is 1.41 bits per heavy atom. The van der Waals surface area contributed by atoms with E-state index in [0.29, 0.717) is 19.4 Å². The Kier molecular flexibility index (Phi) is 4.54. The summed E-state index contributed by atoms with van der Waals surface area (Å²) in [5.41, 5.74) is -0.935. The van der Waals surface area contributed by atoms with Crippen LogP contribution >= 0.6 is 0 Å². The van der Waals surface area contributed by atoms with Gasteiger partial charge in [0.2, 0.25) is 5.91 Å². The van der Waals surface area contributed by atoms with Crippen LogP contribution in [0.2, 0.25) is 0 Å². The molecule has 0 aromatic heterocycles. The summed E-state index contributed by atoms with van der Waals surface area (Å²) >= 11 is 0.